The van der Waals surface area contributed by atoms with Crippen LogP contribution in [0.25, 0.3) is 0 Å². The predicted octanol–water partition coefficient (Wildman–Crippen LogP) is 1.02. The number of ether oxygens (including phenoxy) is 1. The van der Waals surface area contributed by atoms with E-state index in [9.17, 15) is 0 Å². The van der Waals surface area contributed by atoms with Gasteiger partial charge in [0.2, 0.25) is 0 Å². The Kier molecular flexibility index (Phi) is 6.15. The first-order chi connectivity index (χ1) is 6.83. The summed E-state index contributed by atoms with van der Waals surface area (Å²) in [6.45, 7) is 5.67. The van der Waals surface area contributed by atoms with Gasteiger partial charge in [-0.3, -0.25) is 0 Å². The fraction of sp³-hybridized carbons (Fsp3) is 1.00. The minimum absolute atomic E-state index is 0.125. The van der Waals surface area contributed by atoms with E-state index in [1.807, 2.05) is 0 Å². The van der Waals surface area contributed by atoms with Crippen LogP contribution in [0.1, 0.15) is 26.2 Å². The SMILES string of the molecule is CC1CCC(CNCCOCCO)C1. The second kappa shape index (κ2) is 7.21. The third-order valence-corrected chi connectivity index (χ3v) is 2.90. The lowest BCUT2D eigenvalue weighted by Crippen LogP contribution is -2.25. The van der Waals surface area contributed by atoms with Gasteiger partial charge in [0.25, 0.3) is 0 Å². The van der Waals surface area contributed by atoms with Crippen LogP contribution in [-0.4, -0.2) is 38.0 Å². The van der Waals surface area contributed by atoms with Gasteiger partial charge in [0.15, 0.2) is 0 Å². The van der Waals surface area contributed by atoms with E-state index >= 15 is 0 Å². The highest BCUT2D eigenvalue weighted by atomic mass is 16.5. The molecular formula is C11H23NO2. The number of aliphatic hydroxyl groups excluding tert-OH is 1. The first kappa shape index (κ1) is 12.0. The maximum absolute atomic E-state index is 8.48. The van der Waals surface area contributed by atoms with Crippen LogP contribution >= 0.6 is 0 Å². The van der Waals surface area contributed by atoms with Crippen LogP contribution in [0.4, 0.5) is 0 Å². The number of rotatable bonds is 7. The summed E-state index contributed by atoms with van der Waals surface area (Å²) in [4.78, 5) is 0. The largest absolute Gasteiger partial charge is 0.394 e. The monoisotopic (exact) mass is 201 g/mol. The molecule has 2 atom stereocenters. The van der Waals surface area contributed by atoms with Crippen molar-refractivity contribution in [3.05, 3.63) is 0 Å². The molecule has 0 radical (unpaired) electrons. The van der Waals surface area contributed by atoms with Crippen LogP contribution in [-0.2, 0) is 4.74 Å². The summed E-state index contributed by atoms with van der Waals surface area (Å²) in [7, 11) is 0. The Morgan fingerprint density at radius 1 is 1.36 bits per heavy atom. The molecule has 0 heterocycles. The molecule has 3 heteroatoms. The van der Waals surface area contributed by atoms with E-state index in [1.165, 1.54) is 19.3 Å². The summed E-state index contributed by atoms with van der Waals surface area (Å²) in [5, 5.41) is 11.9. The zero-order valence-corrected chi connectivity index (χ0v) is 9.17. The molecular weight excluding hydrogens is 178 g/mol. The Hall–Kier alpha value is -0.120. The molecule has 1 saturated carbocycles. The fourth-order valence-electron chi connectivity index (χ4n) is 2.13. The van der Waals surface area contributed by atoms with Gasteiger partial charge in [0.1, 0.15) is 0 Å². The quantitative estimate of drug-likeness (QED) is 0.604. The van der Waals surface area contributed by atoms with Crippen LogP contribution < -0.4 is 5.32 Å². The number of hydrogen-bond donors (Lipinski definition) is 2. The number of hydrogen-bond acceptors (Lipinski definition) is 3. The van der Waals surface area contributed by atoms with E-state index in [2.05, 4.69) is 12.2 Å². The predicted molar refractivity (Wildman–Crippen MR) is 57.3 cm³/mol. The van der Waals surface area contributed by atoms with Crippen molar-refractivity contribution in [1.82, 2.24) is 5.32 Å². The normalized spacial score (nSPS) is 27.0. The zero-order chi connectivity index (χ0) is 10.2. The van der Waals surface area contributed by atoms with Crippen molar-refractivity contribution in [2.45, 2.75) is 26.2 Å². The van der Waals surface area contributed by atoms with Gasteiger partial charge in [-0.25, -0.2) is 0 Å². The summed E-state index contributed by atoms with van der Waals surface area (Å²) >= 11 is 0. The van der Waals surface area contributed by atoms with E-state index in [0.29, 0.717) is 13.2 Å². The summed E-state index contributed by atoms with van der Waals surface area (Å²) in [6.07, 6.45) is 4.16. The molecule has 84 valence electrons. The Bertz CT molecular complexity index is 141. The van der Waals surface area contributed by atoms with Crippen molar-refractivity contribution >= 4 is 0 Å². The maximum atomic E-state index is 8.48. The lowest BCUT2D eigenvalue weighted by molar-refractivity contribution is 0.0935. The maximum Gasteiger partial charge on any atom is 0.0698 e. The van der Waals surface area contributed by atoms with Crippen molar-refractivity contribution in [2.24, 2.45) is 11.8 Å². The van der Waals surface area contributed by atoms with Gasteiger partial charge in [-0.05, 0) is 31.2 Å². The van der Waals surface area contributed by atoms with Gasteiger partial charge in [-0.15, -0.1) is 0 Å². The van der Waals surface area contributed by atoms with Crippen LogP contribution in [0, 0.1) is 11.8 Å². The first-order valence-corrected chi connectivity index (χ1v) is 5.72. The molecule has 0 bridgehead atoms. The Labute approximate surface area is 86.8 Å². The van der Waals surface area contributed by atoms with E-state index in [-0.39, 0.29) is 6.61 Å². The molecule has 0 aromatic heterocycles. The van der Waals surface area contributed by atoms with Crippen LogP contribution in [0.5, 0.6) is 0 Å². The van der Waals surface area contributed by atoms with Gasteiger partial charge in [-0.2, -0.15) is 0 Å². The second-order valence-corrected chi connectivity index (χ2v) is 4.32. The highest BCUT2D eigenvalue weighted by molar-refractivity contribution is 4.74. The van der Waals surface area contributed by atoms with Gasteiger partial charge in [-0.1, -0.05) is 13.3 Å². The molecule has 2 N–H and O–H groups in total. The third-order valence-electron chi connectivity index (χ3n) is 2.90. The average molecular weight is 201 g/mol. The Morgan fingerprint density at radius 2 is 2.21 bits per heavy atom. The van der Waals surface area contributed by atoms with Gasteiger partial charge >= 0.3 is 0 Å². The highest BCUT2D eigenvalue weighted by Gasteiger charge is 2.20. The molecule has 0 aliphatic heterocycles. The molecule has 3 nitrogen and oxygen atoms in total. The molecule has 1 rings (SSSR count). The van der Waals surface area contributed by atoms with Crippen molar-refractivity contribution in [2.75, 3.05) is 32.9 Å². The molecule has 1 aliphatic carbocycles. The number of aliphatic hydroxyl groups is 1. The average Bonchev–Trinajstić information content (AvgIpc) is 2.58. The minimum atomic E-state index is 0.125. The highest BCUT2D eigenvalue weighted by Crippen LogP contribution is 2.29. The van der Waals surface area contributed by atoms with Crippen molar-refractivity contribution < 1.29 is 9.84 Å². The van der Waals surface area contributed by atoms with E-state index < -0.39 is 0 Å². The van der Waals surface area contributed by atoms with Gasteiger partial charge in [0.05, 0.1) is 19.8 Å². The fourth-order valence-corrected chi connectivity index (χ4v) is 2.13. The lowest BCUT2D eigenvalue weighted by atomic mass is 10.1. The summed E-state index contributed by atoms with van der Waals surface area (Å²) in [5.74, 6) is 1.80. The molecule has 0 aromatic rings. The molecule has 0 amide bonds. The molecule has 14 heavy (non-hydrogen) atoms. The minimum Gasteiger partial charge on any atom is -0.394 e. The van der Waals surface area contributed by atoms with Crippen LogP contribution in [0.2, 0.25) is 0 Å². The van der Waals surface area contributed by atoms with Crippen molar-refractivity contribution in [3.63, 3.8) is 0 Å². The van der Waals surface area contributed by atoms with Gasteiger partial charge in [0, 0.05) is 6.54 Å². The molecule has 0 aromatic carbocycles. The van der Waals surface area contributed by atoms with E-state index in [1.54, 1.807) is 0 Å². The third kappa shape index (κ3) is 4.94. The smallest absolute Gasteiger partial charge is 0.0698 e. The Morgan fingerprint density at radius 3 is 2.86 bits per heavy atom. The molecule has 0 saturated heterocycles. The van der Waals surface area contributed by atoms with E-state index in [0.717, 1.165) is 24.9 Å². The van der Waals surface area contributed by atoms with Gasteiger partial charge < -0.3 is 15.2 Å². The standard InChI is InChI=1S/C11H23NO2/c1-10-2-3-11(8-10)9-12-4-6-14-7-5-13/h10-13H,2-9H2,1H3. The first-order valence-electron chi connectivity index (χ1n) is 5.72. The second-order valence-electron chi connectivity index (χ2n) is 4.32. The molecule has 1 aliphatic rings. The van der Waals surface area contributed by atoms with E-state index in [4.69, 9.17) is 9.84 Å². The summed E-state index contributed by atoms with van der Waals surface area (Å²) < 4.78 is 5.16. The topological polar surface area (TPSA) is 41.5 Å². The molecule has 2 unspecified atom stereocenters. The lowest BCUT2D eigenvalue weighted by Gasteiger charge is -2.10. The van der Waals surface area contributed by atoms with Crippen molar-refractivity contribution in [1.29, 1.82) is 0 Å². The summed E-state index contributed by atoms with van der Waals surface area (Å²) in [6, 6.07) is 0. The molecule has 1 fully saturated rings. The number of nitrogens with one attached hydrogen (secondary N) is 1. The zero-order valence-electron chi connectivity index (χ0n) is 9.17. The molecule has 0 spiro atoms. The summed E-state index contributed by atoms with van der Waals surface area (Å²) in [5.41, 5.74) is 0. The van der Waals surface area contributed by atoms with Crippen LogP contribution in [0.15, 0.2) is 0 Å². The van der Waals surface area contributed by atoms with Crippen LogP contribution in [0.3, 0.4) is 0 Å². The van der Waals surface area contributed by atoms with Crippen molar-refractivity contribution in [3.8, 4) is 0 Å². The Balaban J connectivity index is 1.84.